The Morgan fingerprint density at radius 1 is 1.29 bits per heavy atom. The first-order chi connectivity index (χ1) is 7.88. The SMILES string of the molecule is Cc1cc(C(=O)NC(C)(C)C)c2ccccn12. The number of carbonyl (C=O) groups is 1. The van der Waals surface area contributed by atoms with Gasteiger partial charge in [-0.1, -0.05) is 6.07 Å². The number of aryl methyl sites for hydroxylation is 1. The number of nitrogens with zero attached hydrogens (tertiary/aromatic N) is 1. The summed E-state index contributed by atoms with van der Waals surface area (Å²) in [5.74, 6) is -0.0192. The molecule has 0 aliphatic heterocycles. The van der Waals surface area contributed by atoms with Gasteiger partial charge in [0.15, 0.2) is 0 Å². The first-order valence-corrected chi connectivity index (χ1v) is 5.78. The number of hydrogen-bond acceptors (Lipinski definition) is 1. The van der Waals surface area contributed by atoms with Gasteiger partial charge in [0.05, 0.1) is 11.1 Å². The molecule has 0 fully saturated rings. The average molecular weight is 230 g/mol. The number of carbonyl (C=O) groups excluding carboxylic acids is 1. The summed E-state index contributed by atoms with van der Waals surface area (Å²) in [6, 6.07) is 7.80. The van der Waals surface area contributed by atoms with Crippen molar-refractivity contribution >= 4 is 11.4 Å². The molecule has 0 unspecified atom stereocenters. The first-order valence-electron chi connectivity index (χ1n) is 5.78. The first kappa shape index (κ1) is 11.7. The van der Waals surface area contributed by atoms with Crippen LogP contribution in [0.3, 0.4) is 0 Å². The molecule has 0 aromatic carbocycles. The van der Waals surface area contributed by atoms with E-state index in [0.717, 1.165) is 16.8 Å². The van der Waals surface area contributed by atoms with Crippen molar-refractivity contribution in [3.05, 3.63) is 41.7 Å². The minimum Gasteiger partial charge on any atom is -0.347 e. The summed E-state index contributed by atoms with van der Waals surface area (Å²) >= 11 is 0. The van der Waals surface area contributed by atoms with Gasteiger partial charge < -0.3 is 9.72 Å². The molecule has 90 valence electrons. The van der Waals surface area contributed by atoms with Crippen LogP contribution in [0.5, 0.6) is 0 Å². The summed E-state index contributed by atoms with van der Waals surface area (Å²) in [5, 5.41) is 2.99. The van der Waals surface area contributed by atoms with Crippen molar-refractivity contribution in [2.75, 3.05) is 0 Å². The molecule has 2 heterocycles. The predicted molar refractivity (Wildman–Crippen MR) is 69.4 cm³/mol. The zero-order chi connectivity index (χ0) is 12.6. The molecule has 0 radical (unpaired) electrons. The van der Waals surface area contributed by atoms with Gasteiger partial charge in [-0.3, -0.25) is 4.79 Å². The third-order valence-corrected chi connectivity index (χ3v) is 2.60. The van der Waals surface area contributed by atoms with Crippen LogP contribution in [0.2, 0.25) is 0 Å². The van der Waals surface area contributed by atoms with E-state index >= 15 is 0 Å². The lowest BCUT2D eigenvalue weighted by molar-refractivity contribution is 0.0921. The van der Waals surface area contributed by atoms with Crippen LogP contribution in [0, 0.1) is 6.92 Å². The third kappa shape index (κ3) is 2.33. The molecule has 0 bridgehead atoms. The summed E-state index contributed by atoms with van der Waals surface area (Å²) < 4.78 is 2.03. The minimum absolute atomic E-state index is 0.0192. The Kier molecular flexibility index (Phi) is 2.69. The fourth-order valence-corrected chi connectivity index (χ4v) is 1.91. The zero-order valence-electron chi connectivity index (χ0n) is 10.7. The number of pyridine rings is 1. The Balaban J connectivity index is 2.46. The monoisotopic (exact) mass is 230 g/mol. The molecule has 0 atom stereocenters. The highest BCUT2D eigenvalue weighted by Crippen LogP contribution is 2.17. The van der Waals surface area contributed by atoms with E-state index in [4.69, 9.17) is 0 Å². The lowest BCUT2D eigenvalue weighted by Gasteiger charge is -2.20. The number of fused-ring (bicyclic) bond motifs is 1. The standard InChI is InChI=1S/C14H18N2O/c1-10-9-11(13(17)15-14(2,3)4)12-7-5-6-8-16(10)12/h5-9H,1-4H3,(H,15,17). The Morgan fingerprint density at radius 2 is 2.00 bits per heavy atom. The molecule has 0 aliphatic rings. The molecule has 2 aromatic heterocycles. The lowest BCUT2D eigenvalue weighted by atomic mass is 10.1. The zero-order valence-corrected chi connectivity index (χ0v) is 10.7. The molecule has 3 heteroatoms. The van der Waals surface area contributed by atoms with E-state index in [1.165, 1.54) is 0 Å². The van der Waals surface area contributed by atoms with E-state index in [2.05, 4.69) is 5.32 Å². The summed E-state index contributed by atoms with van der Waals surface area (Å²) in [4.78, 5) is 12.2. The molecule has 0 saturated heterocycles. The van der Waals surface area contributed by atoms with Gasteiger partial charge in [-0.2, -0.15) is 0 Å². The van der Waals surface area contributed by atoms with Gasteiger partial charge in [0.2, 0.25) is 0 Å². The van der Waals surface area contributed by atoms with E-state index in [0.29, 0.717) is 0 Å². The fraction of sp³-hybridized carbons (Fsp3) is 0.357. The Hall–Kier alpha value is -1.77. The van der Waals surface area contributed by atoms with Crippen LogP contribution < -0.4 is 5.32 Å². The van der Waals surface area contributed by atoms with Crippen LogP contribution in [0.1, 0.15) is 36.8 Å². The van der Waals surface area contributed by atoms with Crippen molar-refractivity contribution < 1.29 is 4.79 Å². The largest absolute Gasteiger partial charge is 0.347 e. The maximum atomic E-state index is 12.2. The van der Waals surface area contributed by atoms with E-state index in [1.807, 2.05) is 62.6 Å². The number of hydrogen-bond donors (Lipinski definition) is 1. The molecule has 1 N–H and O–H groups in total. The highest BCUT2D eigenvalue weighted by Gasteiger charge is 2.18. The van der Waals surface area contributed by atoms with Gasteiger partial charge in [0, 0.05) is 17.4 Å². The second-order valence-electron chi connectivity index (χ2n) is 5.36. The van der Waals surface area contributed by atoms with Gasteiger partial charge in [-0.05, 0) is 45.9 Å². The molecule has 17 heavy (non-hydrogen) atoms. The van der Waals surface area contributed by atoms with Crippen LogP contribution in [0.25, 0.3) is 5.52 Å². The Labute approximate surface area is 101 Å². The topological polar surface area (TPSA) is 33.5 Å². The molecular formula is C14H18N2O. The van der Waals surface area contributed by atoms with Crippen LogP contribution in [0.15, 0.2) is 30.5 Å². The minimum atomic E-state index is -0.214. The Bertz CT molecular complexity index is 561. The van der Waals surface area contributed by atoms with E-state index < -0.39 is 0 Å². The van der Waals surface area contributed by atoms with Gasteiger partial charge >= 0.3 is 0 Å². The maximum Gasteiger partial charge on any atom is 0.253 e. The molecule has 0 aliphatic carbocycles. The number of nitrogens with one attached hydrogen (secondary N) is 1. The molecule has 0 saturated carbocycles. The average Bonchev–Trinajstić information content (AvgIpc) is 2.55. The summed E-state index contributed by atoms with van der Waals surface area (Å²) in [5.41, 5.74) is 2.54. The third-order valence-electron chi connectivity index (χ3n) is 2.60. The summed E-state index contributed by atoms with van der Waals surface area (Å²) in [6.07, 6.45) is 1.97. The van der Waals surface area contributed by atoms with Crippen LogP contribution >= 0.6 is 0 Å². The molecule has 3 nitrogen and oxygen atoms in total. The smallest absolute Gasteiger partial charge is 0.253 e. The highest BCUT2D eigenvalue weighted by atomic mass is 16.1. The van der Waals surface area contributed by atoms with Crippen LogP contribution in [-0.4, -0.2) is 15.8 Å². The normalized spacial score (nSPS) is 11.8. The van der Waals surface area contributed by atoms with Crippen molar-refractivity contribution in [2.45, 2.75) is 33.2 Å². The fourth-order valence-electron chi connectivity index (χ4n) is 1.91. The van der Waals surface area contributed by atoms with Crippen molar-refractivity contribution in [3.63, 3.8) is 0 Å². The van der Waals surface area contributed by atoms with Crippen molar-refractivity contribution in [3.8, 4) is 0 Å². The van der Waals surface area contributed by atoms with Crippen molar-refractivity contribution in [2.24, 2.45) is 0 Å². The predicted octanol–water partition coefficient (Wildman–Crippen LogP) is 2.78. The van der Waals surface area contributed by atoms with Crippen molar-refractivity contribution in [1.82, 2.24) is 9.72 Å². The van der Waals surface area contributed by atoms with E-state index in [-0.39, 0.29) is 11.4 Å². The Morgan fingerprint density at radius 3 is 2.65 bits per heavy atom. The molecule has 2 rings (SSSR count). The number of amides is 1. The molecule has 2 aromatic rings. The van der Waals surface area contributed by atoms with Gasteiger partial charge in [-0.15, -0.1) is 0 Å². The quantitative estimate of drug-likeness (QED) is 0.803. The van der Waals surface area contributed by atoms with Crippen LogP contribution in [0.4, 0.5) is 0 Å². The number of rotatable bonds is 1. The summed E-state index contributed by atoms with van der Waals surface area (Å²) in [6.45, 7) is 7.95. The number of aromatic nitrogens is 1. The maximum absolute atomic E-state index is 12.2. The lowest BCUT2D eigenvalue weighted by Crippen LogP contribution is -2.40. The highest BCUT2D eigenvalue weighted by molar-refractivity contribution is 6.01. The van der Waals surface area contributed by atoms with Gasteiger partial charge in [-0.25, -0.2) is 0 Å². The van der Waals surface area contributed by atoms with E-state index in [9.17, 15) is 4.79 Å². The van der Waals surface area contributed by atoms with E-state index in [1.54, 1.807) is 0 Å². The van der Waals surface area contributed by atoms with Crippen LogP contribution in [-0.2, 0) is 0 Å². The van der Waals surface area contributed by atoms with Gasteiger partial charge in [0.25, 0.3) is 5.91 Å². The second-order valence-corrected chi connectivity index (χ2v) is 5.36. The second kappa shape index (κ2) is 3.91. The van der Waals surface area contributed by atoms with Gasteiger partial charge in [0.1, 0.15) is 0 Å². The molecular weight excluding hydrogens is 212 g/mol. The molecule has 1 amide bonds. The van der Waals surface area contributed by atoms with Crippen molar-refractivity contribution in [1.29, 1.82) is 0 Å². The summed E-state index contributed by atoms with van der Waals surface area (Å²) in [7, 11) is 0. The molecule has 0 spiro atoms.